The summed E-state index contributed by atoms with van der Waals surface area (Å²) in [5.74, 6) is -1.42. The third-order valence-electron chi connectivity index (χ3n) is 8.80. The van der Waals surface area contributed by atoms with Gasteiger partial charge in [-0.1, -0.05) is 55.8 Å². The summed E-state index contributed by atoms with van der Waals surface area (Å²) in [6, 6.07) is 8.43. The molecule has 7 nitrogen and oxygen atoms in total. The molecule has 0 aliphatic carbocycles. The van der Waals surface area contributed by atoms with Gasteiger partial charge in [0.05, 0.1) is 29.2 Å². The fraction of sp³-hybridized carbons (Fsp3) is 0.581. The molecule has 1 aromatic carbocycles. The first-order valence-electron chi connectivity index (χ1n) is 14.2. The summed E-state index contributed by atoms with van der Waals surface area (Å²) in [6.45, 7) is 12.3. The molecular formula is C31H43N3O4S. The van der Waals surface area contributed by atoms with Gasteiger partial charge >= 0.3 is 0 Å². The minimum Gasteiger partial charge on any atom is -0.394 e. The summed E-state index contributed by atoms with van der Waals surface area (Å²) in [5.41, 5.74) is 0.989. The number of aliphatic hydroxyl groups excluding tert-OH is 1. The second kappa shape index (κ2) is 12.3. The fourth-order valence-corrected chi connectivity index (χ4v) is 9.27. The standard InChI is InChI=1S/C31H43N3O4S/c1-6-12-21(4)33(18-8-3)30(38)27-31-16-15-24(39-31)25(28(36)32(5)17-7-2)26(31)29(37)34(27)23(20-35)19-22-13-10-9-11-14-22/h7-11,13-14,21,23-27,35H,2-3,6,12,15-20H2,1,4-5H3/t21?,23-,24+,25-,26+,27?,31?/m1/s1. The third-order valence-corrected chi connectivity index (χ3v) is 10.8. The Morgan fingerprint density at radius 2 is 1.90 bits per heavy atom. The van der Waals surface area contributed by atoms with Crippen LogP contribution in [0.4, 0.5) is 0 Å². The zero-order chi connectivity index (χ0) is 28.3. The van der Waals surface area contributed by atoms with Crippen LogP contribution in [0.15, 0.2) is 55.6 Å². The number of carbonyl (C=O) groups is 3. The first kappa shape index (κ1) is 29.4. The van der Waals surface area contributed by atoms with Crippen LogP contribution in [0.1, 0.15) is 45.1 Å². The summed E-state index contributed by atoms with van der Waals surface area (Å²) >= 11 is 1.67. The van der Waals surface area contributed by atoms with Crippen LogP contribution in [0.25, 0.3) is 0 Å². The number of nitrogens with zero attached hydrogens (tertiary/aromatic N) is 3. The molecular weight excluding hydrogens is 510 g/mol. The summed E-state index contributed by atoms with van der Waals surface area (Å²) in [6.07, 6.45) is 7.13. The van der Waals surface area contributed by atoms with E-state index in [1.165, 1.54) is 0 Å². The van der Waals surface area contributed by atoms with Crippen LogP contribution in [0.5, 0.6) is 0 Å². The maximum Gasteiger partial charge on any atom is 0.247 e. The van der Waals surface area contributed by atoms with Crippen LogP contribution >= 0.6 is 11.8 Å². The molecule has 2 bridgehead atoms. The first-order valence-corrected chi connectivity index (χ1v) is 15.1. The molecule has 8 heteroatoms. The maximum absolute atomic E-state index is 14.6. The molecule has 7 atom stereocenters. The molecule has 0 aromatic heterocycles. The van der Waals surface area contributed by atoms with E-state index in [9.17, 15) is 19.5 Å². The maximum atomic E-state index is 14.6. The number of thioether (sulfide) groups is 1. The smallest absolute Gasteiger partial charge is 0.247 e. The summed E-state index contributed by atoms with van der Waals surface area (Å²) < 4.78 is -0.691. The Balaban J connectivity index is 1.79. The molecule has 212 valence electrons. The van der Waals surface area contributed by atoms with Crippen molar-refractivity contribution >= 4 is 29.5 Å². The highest BCUT2D eigenvalue weighted by molar-refractivity contribution is 8.02. The van der Waals surface area contributed by atoms with Gasteiger partial charge in [0.2, 0.25) is 17.7 Å². The normalized spacial score (nSPS) is 28.6. The molecule has 3 heterocycles. The lowest BCUT2D eigenvalue weighted by molar-refractivity contribution is -0.147. The average Bonchev–Trinajstić information content (AvgIpc) is 3.58. The number of amides is 3. The molecule has 0 saturated carbocycles. The van der Waals surface area contributed by atoms with E-state index < -0.39 is 28.7 Å². The number of hydrogen-bond donors (Lipinski definition) is 1. The zero-order valence-electron chi connectivity index (χ0n) is 23.5. The molecule has 1 spiro atoms. The number of aliphatic hydroxyl groups is 1. The molecule has 0 radical (unpaired) electrons. The quantitative estimate of drug-likeness (QED) is 0.378. The van der Waals surface area contributed by atoms with Gasteiger partial charge in [-0.25, -0.2) is 0 Å². The number of hydrogen-bond acceptors (Lipinski definition) is 5. The molecule has 3 aliphatic rings. The number of likely N-dealkylation sites (N-methyl/N-ethyl adjacent to an activating group) is 1. The second-order valence-corrected chi connectivity index (χ2v) is 12.9. The first-order chi connectivity index (χ1) is 18.7. The Morgan fingerprint density at radius 3 is 2.51 bits per heavy atom. The van der Waals surface area contributed by atoms with Crippen LogP contribution in [0.2, 0.25) is 0 Å². The monoisotopic (exact) mass is 553 g/mol. The van der Waals surface area contributed by atoms with E-state index in [-0.39, 0.29) is 35.6 Å². The van der Waals surface area contributed by atoms with Crippen molar-refractivity contribution in [1.82, 2.24) is 14.7 Å². The summed E-state index contributed by atoms with van der Waals surface area (Å²) in [7, 11) is 1.75. The molecule has 3 amide bonds. The van der Waals surface area contributed by atoms with Crippen molar-refractivity contribution in [2.24, 2.45) is 11.8 Å². The van der Waals surface area contributed by atoms with Gasteiger partial charge in [-0.05, 0) is 38.2 Å². The molecule has 39 heavy (non-hydrogen) atoms. The zero-order valence-corrected chi connectivity index (χ0v) is 24.3. The minimum atomic E-state index is -0.743. The predicted octanol–water partition coefficient (Wildman–Crippen LogP) is 3.53. The van der Waals surface area contributed by atoms with Crippen molar-refractivity contribution in [3.8, 4) is 0 Å². The van der Waals surface area contributed by atoms with Crippen molar-refractivity contribution in [2.45, 2.75) is 74.1 Å². The van der Waals surface area contributed by atoms with E-state index in [2.05, 4.69) is 20.1 Å². The van der Waals surface area contributed by atoms with E-state index in [4.69, 9.17) is 0 Å². The SMILES string of the molecule is C=CCN(C)C(=O)[C@@H]1[C@@H]2CCC3(S2)C(C(=O)N(CC=C)C(C)CCC)N([C@@H](CO)Cc2ccccc2)C(=O)[C@H]13. The number of likely N-dealkylation sites (tertiary alicyclic amines) is 1. The number of rotatable bonds is 13. The Morgan fingerprint density at radius 1 is 1.21 bits per heavy atom. The number of benzene rings is 1. The van der Waals surface area contributed by atoms with Crippen LogP contribution in [-0.2, 0) is 20.8 Å². The van der Waals surface area contributed by atoms with Gasteiger partial charge in [-0.3, -0.25) is 14.4 Å². The molecule has 1 N–H and O–H groups in total. The molecule has 1 aromatic rings. The highest BCUT2D eigenvalue weighted by Crippen LogP contribution is 2.67. The molecule has 3 fully saturated rings. The van der Waals surface area contributed by atoms with Crippen molar-refractivity contribution in [2.75, 3.05) is 26.7 Å². The number of carbonyl (C=O) groups excluding carboxylic acids is 3. The molecule has 3 aliphatic heterocycles. The van der Waals surface area contributed by atoms with E-state index in [1.54, 1.807) is 40.8 Å². The minimum absolute atomic E-state index is 0.00113. The predicted molar refractivity (Wildman–Crippen MR) is 156 cm³/mol. The Labute approximate surface area is 237 Å². The van der Waals surface area contributed by atoms with Gasteiger partial charge < -0.3 is 19.8 Å². The van der Waals surface area contributed by atoms with Crippen molar-refractivity contribution in [3.63, 3.8) is 0 Å². The lowest BCUT2D eigenvalue weighted by Gasteiger charge is -2.41. The van der Waals surface area contributed by atoms with Crippen molar-refractivity contribution < 1.29 is 19.5 Å². The van der Waals surface area contributed by atoms with Gasteiger partial charge in [0.1, 0.15) is 6.04 Å². The summed E-state index contributed by atoms with van der Waals surface area (Å²) in [5, 5.41) is 10.6. The molecule has 4 rings (SSSR count). The van der Waals surface area contributed by atoms with Crippen LogP contribution in [0, 0.1) is 11.8 Å². The Bertz CT molecular complexity index is 1080. The van der Waals surface area contributed by atoms with Crippen molar-refractivity contribution in [1.29, 1.82) is 0 Å². The van der Waals surface area contributed by atoms with Crippen molar-refractivity contribution in [3.05, 3.63) is 61.2 Å². The molecule has 3 unspecified atom stereocenters. The Kier molecular flexibility index (Phi) is 9.27. The fourth-order valence-electron chi connectivity index (χ4n) is 7.08. The Hall–Kier alpha value is -2.58. The molecule has 3 saturated heterocycles. The van der Waals surface area contributed by atoms with Gasteiger partial charge in [-0.15, -0.1) is 24.9 Å². The lowest BCUT2D eigenvalue weighted by atomic mass is 9.70. The van der Waals surface area contributed by atoms with Crippen LogP contribution in [0.3, 0.4) is 0 Å². The highest BCUT2D eigenvalue weighted by Gasteiger charge is 2.74. The van der Waals surface area contributed by atoms with Gasteiger partial charge in [-0.2, -0.15) is 0 Å². The number of fused-ring (bicyclic) bond motifs is 1. The van der Waals surface area contributed by atoms with Gasteiger partial charge in [0.25, 0.3) is 0 Å². The van der Waals surface area contributed by atoms with Gasteiger partial charge in [0.15, 0.2) is 0 Å². The topological polar surface area (TPSA) is 81.2 Å². The van der Waals surface area contributed by atoms with Crippen LogP contribution < -0.4 is 0 Å². The van der Waals surface area contributed by atoms with Crippen LogP contribution in [-0.4, -0.2) is 92.4 Å². The van der Waals surface area contributed by atoms with E-state index in [0.29, 0.717) is 25.9 Å². The highest BCUT2D eigenvalue weighted by atomic mass is 32.2. The van der Waals surface area contributed by atoms with E-state index in [0.717, 1.165) is 24.8 Å². The van der Waals surface area contributed by atoms with E-state index >= 15 is 0 Å². The summed E-state index contributed by atoms with van der Waals surface area (Å²) in [4.78, 5) is 47.9. The largest absolute Gasteiger partial charge is 0.394 e. The second-order valence-electron chi connectivity index (χ2n) is 11.3. The lowest BCUT2D eigenvalue weighted by Crippen LogP contribution is -2.59. The van der Waals surface area contributed by atoms with Gasteiger partial charge in [0, 0.05) is 31.4 Å². The van der Waals surface area contributed by atoms with E-state index in [1.807, 2.05) is 42.2 Å². The third kappa shape index (κ3) is 5.18. The average molecular weight is 554 g/mol.